The van der Waals surface area contributed by atoms with Gasteiger partial charge in [0.1, 0.15) is 10.6 Å². The second kappa shape index (κ2) is 8.44. The molecule has 0 unspecified atom stereocenters. The third kappa shape index (κ3) is 5.17. The Bertz CT molecular complexity index is 1010. The molecule has 8 nitrogen and oxygen atoms in total. The van der Waals surface area contributed by atoms with E-state index in [-0.39, 0.29) is 5.69 Å². The number of ether oxygens (including phenoxy) is 1. The van der Waals surface area contributed by atoms with Crippen LogP contribution in [0.3, 0.4) is 0 Å². The number of amides is 1. The van der Waals surface area contributed by atoms with Crippen LogP contribution in [0.1, 0.15) is 16.1 Å². The van der Waals surface area contributed by atoms with Gasteiger partial charge in [0, 0.05) is 18.5 Å². The molecule has 1 saturated heterocycles. The second-order valence-corrected chi connectivity index (χ2v) is 8.71. The van der Waals surface area contributed by atoms with E-state index in [0.717, 1.165) is 6.07 Å². The molecular weight excluding hydrogens is 457 g/mol. The number of halogens is 4. The number of sulfonamides is 1. The fraction of sp³-hybridized carbons (Fsp3) is 0.333. The number of thiazole rings is 1. The van der Waals surface area contributed by atoms with Gasteiger partial charge in [-0.15, -0.1) is 16.2 Å². The summed E-state index contributed by atoms with van der Waals surface area (Å²) in [5.41, 5.74) is 0.685. The van der Waals surface area contributed by atoms with E-state index in [0.29, 0.717) is 43.6 Å². The fourth-order valence-corrected chi connectivity index (χ4v) is 4.61. The summed E-state index contributed by atoms with van der Waals surface area (Å²) in [6.07, 6.45) is -4.76. The van der Waals surface area contributed by atoms with Crippen LogP contribution in [0.5, 0.6) is 0 Å². The molecule has 0 saturated carbocycles. The lowest BCUT2D eigenvalue weighted by molar-refractivity contribution is -0.137. The molecule has 1 amide bonds. The molecule has 1 aromatic carbocycles. The zero-order valence-electron chi connectivity index (χ0n) is 14.5. The summed E-state index contributed by atoms with van der Waals surface area (Å²) in [6, 6.07) is 1.86. The van der Waals surface area contributed by atoms with Crippen LogP contribution in [0.4, 0.5) is 18.3 Å². The van der Waals surface area contributed by atoms with Gasteiger partial charge in [-0.3, -0.25) is 10.2 Å². The van der Waals surface area contributed by atoms with Gasteiger partial charge in [0.2, 0.25) is 0 Å². The fourth-order valence-electron chi connectivity index (χ4n) is 2.39. The highest BCUT2D eigenvalue weighted by molar-refractivity contribution is 7.89. The lowest BCUT2D eigenvalue weighted by Crippen LogP contribution is -2.42. The first-order chi connectivity index (χ1) is 13.6. The number of anilines is 1. The smallest absolute Gasteiger partial charge is 0.378 e. The largest absolute Gasteiger partial charge is 0.416 e. The minimum absolute atomic E-state index is 0.0469. The highest BCUT2D eigenvalue weighted by atomic mass is 35.5. The van der Waals surface area contributed by atoms with Crippen molar-refractivity contribution in [1.82, 2.24) is 15.2 Å². The normalized spacial score (nSPS) is 15.4. The van der Waals surface area contributed by atoms with E-state index in [4.69, 9.17) is 16.3 Å². The number of hydrazine groups is 1. The Labute approximate surface area is 172 Å². The maximum absolute atomic E-state index is 12.8. The number of carbonyl (C=O) groups is 1. The van der Waals surface area contributed by atoms with E-state index in [1.54, 1.807) is 4.83 Å². The summed E-state index contributed by atoms with van der Waals surface area (Å²) >= 11 is 6.92. The van der Waals surface area contributed by atoms with Crippen LogP contribution < -0.4 is 15.2 Å². The van der Waals surface area contributed by atoms with Crippen molar-refractivity contribution >= 4 is 44.0 Å². The summed E-state index contributed by atoms with van der Waals surface area (Å²) in [7, 11) is -4.56. The van der Waals surface area contributed by atoms with Gasteiger partial charge < -0.3 is 9.64 Å². The number of hydrogen-bond donors (Lipinski definition) is 2. The number of benzene rings is 1. The number of hydrogen-bond acceptors (Lipinski definition) is 7. The number of nitrogens with zero attached hydrogens (tertiary/aromatic N) is 2. The van der Waals surface area contributed by atoms with E-state index in [2.05, 4.69) is 4.98 Å². The van der Waals surface area contributed by atoms with Crippen LogP contribution in [0.25, 0.3) is 0 Å². The van der Waals surface area contributed by atoms with Gasteiger partial charge >= 0.3 is 6.18 Å². The molecule has 2 aromatic rings. The quantitative estimate of drug-likeness (QED) is 0.650. The van der Waals surface area contributed by atoms with Crippen molar-refractivity contribution in [3.8, 4) is 0 Å². The summed E-state index contributed by atoms with van der Waals surface area (Å²) < 4.78 is 68.3. The monoisotopic (exact) mass is 470 g/mol. The van der Waals surface area contributed by atoms with E-state index in [9.17, 15) is 26.4 Å². The summed E-state index contributed by atoms with van der Waals surface area (Å²) in [5, 5.41) is 1.58. The number of alkyl halides is 3. The Morgan fingerprint density at radius 2 is 1.97 bits per heavy atom. The van der Waals surface area contributed by atoms with Gasteiger partial charge in [-0.1, -0.05) is 11.6 Å². The molecular formula is C15H14ClF3N4O4S2. The number of morpholine rings is 1. The summed E-state index contributed by atoms with van der Waals surface area (Å²) in [4.78, 5) is 19.1. The van der Waals surface area contributed by atoms with Crippen LogP contribution in [0, 0.1) is 0 Å². The average Bonchev–Trinajstić information content (AvgIpc) is 3.16. The number of nitrogens with one attached hydrogen (secondary N) is 2. The lowest BCUT2D eigenvalue weighted by Gasteiger charge is -2.25. The van der Waals surface area contributed by atoms with E-state index >= 15 is 0 Å². The molecule has 1 aromatic heterocycles. The maximum Gasteiger partial charge on any atom is 0.416 e. The standard InChI is InChI=1S/C15H14ClF3N4O4S2/c16-10-2-1-9(15(17,18)19)7-12(10)29(25,26)22-21-13(24)11-8-28-14(20-11)23-3-5-27-6-4-23/h1-2,7-8,22H,3-6H2,(H,21,24). The Balaban J connectivity index is 1.70. The van der Waals surface area contributed by atoms with Gasteiger partial charge in [0.25, 0.3) is 15.9 Å². The molecule has 14 heteroatoms. The molecule has 0 radical (unpaired) electrons. The number of aromatic nitrogens is 1. The molecule has 158 valence electrons. The van der Waals surface area contributed by atoms with Crippen LogP contribution >= 0.6 is 22.9 Å². The van der Waals surface area contributed by atoms with Crippen molar-refractivity contribution in [2.75, 3.05) is 31.2 Å². The van der Waals surface area contributed by atoms with Gasteiger partial charge in [-0.2, -0.15) is 13.2 Å². The molecule has 1 aliphatic heterocycles. The van der Waals surface area contributed by atoms with Gasteiger partial charge in [0.05, 0.1) is 23.8 Å². The van der Waals surface area contributed by atoms with Crippen LogP contribution in [0.2, 0.25) is 5.02 Å². The van der Waals surface area contributed by atoms with Crippen LogP contribution in [-0.2, 0) is 20.9 Å². The highest BCUT2D eigenvalue weighted by Gasteiger charge is 2.33. The average molecular weight is 471 g/mol. The predicted octanol–water partition coefficient (Wildman–Crippen LogP) is 2.28. The SMILES string of the molecule is O=C(NNS(=O)(=O)c1cc(C(F)(F)F)ccc1Cl)c1csc(N2CCOCC2)n1. The zero-order chi connectivity index (χ0) is 21.2. The lowest BCUT2D eigenvalue weighted by atomic mass is 10.2. The molecule has 1 aliphatic rings. The summed E-state index contributed by atoms with van der Waals surface area (Å²) in [5.74, 6) is -0.868. The number of carbonyl (C=O) groups excluding carboxylic acids is 1. The molecule has 0 bridgehead atoms. The molecule has 2 heterocycles. The van der Waals surface area contributed by atoms with Crippen molar-refractivity contribution in [1.29, 1.82) is 0 Å². The minimum Gasteiger partial charge on any atom is -0.378 e. The van der Waals surface area contributed by atoms with E-state index in [1.165, 1.54) is 16.7 Å². The summed E-state index contributed by atoms with van der Waals surface area (Å²) in [6.45, 7) is 2.27. The molecule has 0 aliphatic carbocycles. The van der Waals surface area contributed by atoms with Gasteiger partial charge in [-0.05, 0) is 18.2 Å². The zero-order valence-corrected chi connectivity index (χ0v) is 16.9. The maximum atomic E-state index is 12.8. The predicted molar refractivity (Wildman–Crippen MR) is 99.4 cm³/mol. The molecule has 3 rings (SSSR count). The van der Waals surface area contributed by atoms with Crippen molar-refractivity contribution in [3.05, 3.63) is 39.9 Å². The molecule has 1 fully saturated rings. The van der Waals surface area contributed by atoms with E-state index in [1.807, 2.05) is 10.3 Å². The first-order valence-corrected chi connectivity index (χ1v) is 10.8. The molecule has 0 spiro atoms. The molecule has 29 heavy (non-hydrogen) atoms. The minimum atomic E-state index is -4.76. The van der Waals surface area contributed by atoms with Gasteiger partial charge in [-0.25, -0.2) is 13.4 Å². The topological polar surface area (TPSA) is 101 Å². The van der Waals surface area contributed by atoms with Crippen LogP contribution in [-0.4, -0.2) is 45.6 Å². The Kier molecular flexibility index (Phi) is 6.33. The number of rotatable bonds is 5. The molecule has 2 N–H and O–H groups in total. The van der Waals surface area contributed by atoms with Crippen molar-refractivity contribution in [3.63, 3.8) is 0 Å². The van der Waals surface area contributed by atoms with Crippen molar-refractivity contribution in [2.45, 2.75) is 11.1 Å². The van der Waals surface area contributed by atoms with E-state index < -0.39 is 37.6 Å². The first kappa shape index (κ1) is 21.8. The third-order valence-electron chi connectivity index (χ3n) is 3.85. The van der Waals surface area contributed by atoms with Crippen LogP contribution in [0.15, 0.2) is 28.5 Å². The highest BCUT2D eigenvalue weighted by Crippen LogP contribution is 2.33. The first-order valence-electron chi connectivity index (χ1n) is 8.05. The molecule has 0 atom stereocenters. The Morgan fingerprint density at radius 1 is 1.28 bits per heavy atom. The van der Waals surface area contributed by atoms with Gasteiger partial charge in [0.15, 0.2) is 5.13 Å². The van der Waals surface area contributed by atoms with Crippen molar-refractivity contribution < 1.29 is 31.1 Å². The van der Waals surface area contributed by atoms with Crippen molar-refractivity contribution in [2.24, 2.45) is 0 Å². The second-order valence-electron chi connectivity index (χ2n) is 5.82. The Hall–Kier alpha value is -1.93. The Morgan fingerprint density at radius 3 is 2.62 bits per heavy atom. The third-order valence-corrected chi connectivity index (χ3v) is 6.48.